The Hall–Kier alpha value is -1.70. The number of benzene rings is 1. The van der Waals surface area contributed by atoms with E-state index >= 15 is 0 Å². The monoisotopic (exact) mass is 171 g/mol. The topological polar surface area (TPSA) is 29.4 Å². The molecule has 64 valence electrons. The maximum atomic E-state index is 11.2. The molecule has 0 unspecified atom stereocenters. The Bertz CT molecular complexity index is 391. The van der Waals surface area contributed by atoms with Crippen molar-refractivity contribution in [1.82, 2.24) is 0 Å². The molecule has 0 saturated carbocycles. The molecule has 1 aromatic carbocycles. The first-order valence-corrected chi connectivity index (χ1v) is 4.17. The van der Waals surface area contributed by atoms with E-state index in [9.17, 15) is 4.79 Å². The van der Waals surface area contributed by atoms with Gasteiger partial charge in [-0.1, -0.05) is 24.3 Å². The lowest BCUT2D eigenvalue weighted by molar-refractivity contribution is -0.114. The van der Waals surface area contributed by atoms with Gasteiger partial charge in [0, 0.05) is 18.8 Å². The minimum Gasteiger partial charge on any atom is -0.294 e. The van der Waals surface area contributed by atoms with Crippen molar-refractivity contribution in [3.8, 4) is 0 Å². The van der Waals surface area contributed by atoms with Gasteiger partial charge in [0.05, 0.1) is 0 Å². The highest BCUT2D eigenvalue weighted by Gasteiger charge is 2.04. The van der Waals surface area contributed by atoms with Crippen LogP contribution in [0.25, 0.3) is 0 Å². The quantitative estimate of drug-likeness (QED) is 0.584. The van der Waals surface area contributed by atoms with Gasteiger partial charge in [0.25, 0.3) is 0 Å². The molecular formula is C11H9NO. The lowest BCUT2D eigenvalue weighted by Crippen LogP contribution is -2.03. The molecule has 1 aromatic rings. The molecule has 2 heteroatoms. The summed E-state index contributed by atoms with van der Waals surface area (Å²) in [6.07, 6.45) is 5.29. The summed E-state index contributed by atoms with van der Waals surface area (Å²) in [6, 6.07) is 7.80. The normalized spacial score (nSPS) is 17.4. The number of hydrogen-bond donors (Lipinski definition) is 0. The molecule has 1 aliphatic rings. The second-order valence-corrected chi connectivity index (χ2v) is 2.94. The van der Waals surface area contributed by atoms with Crippen LogP contribution >= 0.6 is 0 Å². The van der Waals surface area contributed by atoms with Crippen LogP contribution in [-0.2, 0) is 11.2 Å². The lowest BCUT2D eigenvalue weighted by atomic mass is 10.0. The van der Waals surface area contributed by atoms with Crippen molar-refractivity contribution in [3.05, 3.63) is 47.7 Å². The summed E-state index contributed by atoms with van der Waals surface area (Å²) in [6.45, 7) is 0. The Kier molecular flexibility index (Phi) is 2.04. The Morgan fingerprint density at radius 3 is 3.00 bits per heavy atom. The summed E-state index contributed by atoms with van der Waals surface area (Å²) in [5, 5.41) is 0. The molecule has 0 N–H and O–H groups in total. The third-order valence-electron chi connectivity index (χ3n) is 1.98. The van der Waals surface area contributed by atoms with Gasteiger partial charge in [-0.15, -0.1) is 0 Å². The summed E-state index contributed by atoms with van der Waals surface area (Å²) >= 11 is 0. The molecule has 2 nitrogen and oxygen atoms in total. The second kappa shape index (κ2) is 3.35. The molecule has 1 aliphatic heterocycles. The average Bonchev–Trinajstić information content (AvgIpc) is 2.11. The van der Waals surface area contributed by atoms with E-state index in [2.05, 4.69) is 4.99 Å². The molecule has 0 saturated heterocycles. The minimum atomic E-state index is 0.101. The predicted octanol–water partition coefficient (Wildman–Crippen LogP) is 1.74. The number of fused-ring (bicyclic) bond motifs is 1. The van der Waals surface area contributed by atoms with Gasteiger partial charge in [-0.3, -0.25) is 9.79 Å². The third-order valence-corrected chi connectivity index (χ3v) is 1.98. The molecule has 0 atom stereocenters. The molecule has 0 spiro atoms. The second-order valence-electron chi connectivity index (χ2n) is 2.94. The van der Waals surface area contributed by atoms with Gasteiger partial charge in [-0.25, -0.2) is 0 Å². The summed E-state index contributed by atoms with van der Waals surface area (Å²) < 4.78 is 0. The molecule has 0 radical (unpaired) electrons. The van der Waals surface area contributed by atoms with Crippen LogP contribution < -0.4 is 0 Å². The lowest BCUT2D eigenvalue weighted by Gasteiger charge is -2.03. The Labute approximate surface area is 76.6 Å². The first kappa shape index (κ1) is 7.92. The number of carbonyl (C=O) groups is 1. The Morgan fingerprint density at radius 1 is 1.23 bits per heavy atom. The highest BCUT2D eigenvalue weighted by atomic mass is 16.1. The average molecular weight is 171 g/mol. The largest absolute Gasteiger partial charge is 0.294 e. The van der Waals surface area contributed by atoms with Crippen LogP contribution in [-0.4, -0.2) is 12.0 Å². The van der Waals surface area contributed by atoms with Gasteiger partial charge in [-0.2, -0.15) is 0 Å². The van der Waals surface area contributed by atoms with Gasteiger partial charge in [0.1, 0.15) is 0 Å². The summed E-state index contributed by atoms with van der Waals surface area (Å²) in [5.41, 5.74) is 2.07. The van der Waals surface area contributed by atoms with E-state index in [4.69, 9.17) is 0 Å². The van der Waals surface area contributed by atoms with E-state index in [-0.39, 0.29) is 5.78 Å². The predicted molar refractivity (Wildman–Crippen MR) is 51.9 cm³/mol. The fourth-order valence-corrected chi connectivity index (χ4v) is 1.32. The van der Waals surface area contributed by atoms with Crippen LogP contribution in [0.4, 0.5) is 0 Å². The van der Waals surface area contributed by atoms with Gasteiger partial charge >= 0.3 is 0 Å². The van der Waals surface area contributed by atoms with Crippen LogP contribution in [0.1, 0.15) is 11.1 Å². The number of hydrogen-bond acceptors (Lipinski definition) is 2. The van der Waals surface area contributed by atoms with Gasteiger partial charge < -0.3 is 0 Å². The summed E-state index contributed by atoms with van der Waals surface area (Å²) in [5.74, 6) is 0.101. The molecule has 0 fully saturated rings. The highest BCUT2D eigenvalue weighted by molar-refractivity contribution is 5.95. The minimum absolute atomic E-state index is 0.101. The zero-order valence-corrected chi connectivity index (χ0v) is 7.10. The van der Waals surface area contributed by atoms with Crippen molar-refractivity contribution >= 4 is 12.0 Å². The van der Waals surface area contributed by atoms with Crippen LogP contribution in [0.3, 0.4) is 0 Å². The number of allylic oxidation sites excluding steroid dienone is 1. The zero-order valence-electron chi connectivity index (χ0n) is 7.10. The maximum absolute atomic E-state index is 11.2. The maximum Gasteiger partial charge on any atom is 0.161 e. The first-order valence-electron chi connectivity index (χ1n) is 4.17. The van der Waals surface area contributed by atoms with Crippen LogP contribution in [0.2, 0.25) is 0 Å². The van der Waals surface area contributed by atoms with Crippen molar-refractivity contribution < 1.29 is 4.79 Å². The van der Waals surface area contributed by atoms with E-state index in [1.807, 2.05) is 24.3 Å². The Morgan fingerprint density at radius 2 is 2.08 bits per heavy atom. The molecule has 13 heavy (non-hydrogen) atoms. The molecule has 2 rings (SSSR count). The zero-order chi connectivity index (χ0) is 9.10. The number of nitrogens with zero attached hydrogens (tertiary/aromatic N) is 1. The molecular weight excluding hydrogens is 162 g/mol. The highest BCUT2D eigenvalue weighted by Crippen LogP contribution is 2.09. The van der Waals surface area contributed by atoms with E-state index in [0.717, 1.165) is 11.1 Å². The molecule has 0 amide bonds. The molecule has 0 aliphatic carbocycles. The van der Waals surface area contributed by atoms with Gasteiger partial charge in [-0.05, 0) is 17.2 Å². The number of aliphatic imine (C=N–C) groups is 1. The van der Waals surface area contributed by atoms with Crippen LogP contribution in [0.5, 0.6) is 0 Å². The number of rotatable bonds is 0. The fourth-order valence-electron chi connectivity index (χ4n) is 1.32. The molecule has 1 heterocycles. The summed E-state index contributed by atoms with van der Waals surface area (Å²) in [7, 11) is 0. The van der Waals surface area contributed by atoms with E-state index < -0.39 is 0 Å². The fraction of sp³-hybridized carbons (Fsp3) is 0.0909. The van der Waals surface area contributed by atoms with E-state index in [1.165, 1.54) is 12.3 Å². The molecule has 0 bridgehead atoms. The third kappa shape index (κ3) is 1.72. The number of ketones is 1. The van der Waals surface area contributed by atoms with Crippen molar-refractivity contribution in [2.24, 2.45) is 4.99 Å². The van der Waals surface area contributed by atoms with Gasteiger partial charge in [0.15, 0.2) is 5.78 Å². The first-order chi connectivity index (χ1) is 6.36. The Balaban J connectivity index is 2.49. The SMILES string of the molecule is O=C1/C=C\N=Cc2ccccc2C1. The van der Waals surface area contributed by atoms with Crippen molar-refractivity contribution in [2.45, 2.75) is 6.42 Å². The van der Waals surface area contributed by atoms with Crippen molar-refractivity contribution in [2.75, 3.05) is 0 Å². The van der Waals surface area contributed by atoms with Crippen LogP contribution in [0, 0.1) is 0 Å². The summed E-state index contributed by atoms with van der Waals surface area (Å²) in [4.78, 5) is 15.2. The van der Waals surface area contributed by atoms with Crippen molar-refractivity contribution in [3.63, 3.8) is 0 Å². The smallest absolute Gasteiger partial charge is 0.161 e. The van der Waals surface area contributed by atoms with E-state index in [1.54, 1.807) is 6.21 Å². The van der Waals surface area contributed by atoms with E-state index in [0.29, 0.717) is 6.42 Å². The van der Waals surface area contributed by atoms with Gasteiger partial charge in [0.2, 0.25) is 0 Å². The van der Waals surface area contributed by atoms with Crippen molar-refractivity contribution in [1.29, 1.82) is 0 Å². The van der Waals surface area contributed by atoms with Crippen LogP contribution in [0.15, 0.2) is 41.5 Å². The standard InChI is InChI=1S/C11H9NO/c13-11-5-6-12-8-10-4-2-1-3-9(10)7-11/h1-6,8H,7H2/b6-5-,12-8?. The number of carbonyl (C=O) groups excluding carboxylic acids is 1. The molecule has 0 aromatic heterocycles.